The molecule has 10 heavy (non-hydrogen) atoms. The van der Waals surface area contributed by atoms with Crippen LogP contribution in [0.5, 0.6) is 0 Å². The Hall–Kier alpha value is -1.37. The summed E-state index contributed by atoms with van der Waals surface area (Å²) in [6.07, 6.45) is 3.54. The Morgan fingerprint density at radius 1 is 1.20 bits per heavy atom. The van der Waals surface area contributed by atoms with Gasteiger partial charge in [-0.05, 0) is 16.8 Å². The first kappa shape index (κ1) is 4.45. The lowest BCUT2D eigenvalue weighted by molar-refractivity contribution is 1.36. The van der Waals surface area contributed by atoms with E-state index in [0.717, 1.165) is 10.8 Å². The van der Waals surface area contributed by atoms with Crippen LogP contribution in [0.15, 0.2) is 42.7 Å². The molecule has 0 aliphatic rings. The molecule has 0 unspecified atom stereocenters. The second-order valence-corrected chi connectivity index (χ2v) is 2.15. The van der Waals surface area contributed by atoms with Gasteiger partial charge in [0.1, 0.15) is 0 Å². The number of fused-ring (bicyclic) bond motifs is 1. The number of rotatable bonds is 0. The summed E-state index contributed by atoms with van der Waals surface area (Å²) in [5.41, 5.74) is 0. The van der Waals surface area contributed by atoms with Crippen LogP contribution in [0.25, 0.3) is 10.8 Å². The van der Waals surface area contributed by atoms with Crippen LogP contribution in [-0.4, -0.2) is 4.98 Å². The lowest BCUT2D eigenvalue weighted by Gasteiger charge is -1.91. The molecule has 0 radical (unpaired) electrons. The van der Waals surface area contributed by atoms with Crippen molar-refractivity contribution in [2.45, 2.75) is 0 Å². The average molecular weight is 130 g/mol. The summed E-state index contributed by atoms with van der Waals surface area (Å²) in [6.45, 7) is 0. The molecular weight excluding hydrogens is 122 g/mol. The maximum atomic E-state index is 7.36. The summed E-state index contributed by atoms with van der Waals surface area (Å²) in [4.78, 5) is 3.98. The van der Waals surface area contributed by atoms with Gasteiger partial charge in [0.25, 0.3) is 0 Å². The van der Waals surface area contributed by atoms with Gasteiger partial charge in [-0.15, -0.1) is 0 Å². The zero-order valence-electron chi connectivity index (χ0n) is 6.41. The quantitative estimate of drug-likeness (QED) is 0.533. The number of pyridine rings is 1. The van der Waals surface area contributed by atoms with Crippen molar-refractivity contribution in [2.24, 2.45) is 0 Å². The molecule has 0 saturated heterocycles. The number of aromatic nitrogens is 1. The van der Waals surface area contributed by atoms with Crippen molar-refractivity contribution in [3.63, 3.8) is 0 Å². The van der Waals surface area contributed by atoms with E-state index in [1.807, 2.05) is 18.2 Å². The van der Waals surface area contributed by atoms with Gasteiger partial charge in [-0.25, -0.2) is 0 Å². The van der Waals surface area contributed by atoms with Crippen LogP contribution in [0, 0.1) is 0 Å². The lowest BCUT2D eigenvalue weighted by Crippen LogP contribution is -1.71. The Balaban J connectivity index is 2.83. The fraction of sp³-hybridized carbons (Fsp3) is 0. The van der Waals surface area contributed by atoms with Gasteiger partial charge in [-0.1, -0.05) is 24.2 Å². The van der Waals surface area contributed by atoms with Crippen LogP contribution in [0.4, 0.5) is 0 Å². The molecule has 0 aliphatic heterocycles. The van der Waals surface area contributed by atoms with Crippen molar-refractivity contribution in [3.8, 4) is 0 Å². The highest BCUT2D eigenvalue weighted by Crippen LogP contribution is 2.09. The van der Waals surface area contributed by atoms with E-state index in [-0.39, 0.29) is 0 Å². The number of benzene rings is 1. The van der Waals surface area contributed by atoms with E-state index in [0.29, 0.717) is 6.04 Å². The Labute approximate surface area is 60.7 Å². The van der Waals surface area contributed by atoms with Gasteiger partial charge >= 0.3 is 0 Å². The van der Waals surface area contributed by atoms with Crippen molar-refractivity contribution >= 4 is 10.8 Å². The standard InChI is InChI=1S/C9H7N/c1-2-4-9-7-10-6-5-8(9)3-1/h1-7H/i1D. The second-order valence-electron chi connectivity index (χ2n) is 2.15. The molecule has 1 aromatic carbocycles. The van der Waals surface area contributed by atoms with Gasteiger partial charge in [-0.2, -0.15) is 0 Å². The third kappa shape index (κ3) is 0.760. The summed E-state index contributed by atoms with van der Waals surface area (Å²) in [7, 11) is 0. The van der Waals surface area contributed by atoms with E-state index in [9.17, 15) is 0 Å². The third-order valence-electron chi connectivity index (χ3n) is 1.49. The van der Waals surface area contributed by atoms with Crippen molar-refractivity contribution in [3.05, 3.63) is 42.7 Å². The summed E-state index contributed by atoms with van der Waals surface area (Å²) in [5, 5.41) is 2.16. The smallest absolute Gasteiger partial charge is 0.0623 e. The van der Waals surface area contributed by atoms with E-state index < -0.39 is 0 Å². The highest BCUT2D eigenvalue weighted by molar-refractivity contribution is 5.80. The normalized spacial score (nSPS) is 11.4. The Kier molecular flexibility index (Phi) is 0.935. The molecule has 0 amide bonds. The van der Waals surface area contributed by atoms with E-state index in [2.05, 4.69) is 4.98 Å². The fourth-order valence-corrected chi connectivity index (χ4v) is 0.964. The second kappa shape index (κ2) is 2.10. The van der Waals surface area contributed by atoms with Gasteiger partial charge < -0.3 is 0 Å². The van der Waals surface area contributed by atoms with Crippen LogP contribution in [0.2, 0.25) is 0 Å². The highest BCUT2D eigenvalue weighted by atomic mass is 14.6. The number of hydrogen-bond acceptors (Lipinski definition) is 1. The zero-order chi connectivity index (χ0) is 7.68. The Bertz CT molecular complexity index is 384. The fourth-order valence-electron chi connectivity index (χ4n) is 0.964. The first-order valence-corrected chi connectivity index (χ1v) is 3.17. The molecule has 1 heteroatoms. The molecular formula is C9H7N. The molecule has 0 N–H and O–H groups in total. The molecule has 48 valence electrons. The molecule has 2 aromatic rings. The summed E-state index contributed by atoms with van der Waals surface area (Å²) in [5.74, 6) is 0. The molecule has 0 atom stereocenters. The minimum absolute atomic E-state index is 0.545. The van der Waals surface area contributed by atoms with Crippen molar-refractivity contribution in [2.75, 3.05) is 0 Å². The van der Waals surface area contributed by atoms with Crippen LogP contribution in [0.1, 0.15) is 1.37 Å². The van der Waals surface area contributed by atoms with Gasteiger partial charge in [0.05, 0.1) is 1.37 Å². The Morgan fingerprint density at radius 2 is 2.20 bits per heavy atom. The maximum Gasteiger partial charge on any atom is 0.0623 e. The van der Waals surface area contributed by atoms with Crippen LogP contribution < -0.4 is 0 Å². The molecule has 1 heterocycles. The van der Waals surface area contributed by atoms with Crippen molar-refractivity contribution in [1.82, 2.24) is 4.98 Å². The first-order chi connectivity index (χ1) is 5.36. The SMILES string of the molecule is [2H]c1ccc2cnccc2c1. The minimum atomic E-state index is 0.545. The van der Waals surface area contributed by atoms with Crippen molar-refractivity contribution in [1.29, 1.82) is 0 Å². The molecule has 2 rings (SSSR count). The Morgan fingerprint density at radius 3 is 3.20 bits per heavy atom. The maximum absolute atomic E-state index is 7.36. The molecule has 1 aromatic heterocycles. The zero-order valence-corrected chi connectivity index (χ0v) is 5.41. The molecule has 0 aliphatic carbocycles. The van der Waals surface area contributed by atoms with E-state index >= 15 is 0 Å². The van der Waals surface area contributed by atoms with Crippen molar-refractivity contribution < 1.29 is 1.37 Å². The highest BCUT2D eigenvalue weighted by Gasteiger charge is 1.86. The molecule has 0 saturated carbocycles. The third-order valence-corrected chi connectivity index (χ3v) is 1.49. The monoisotopic (exact) mass is 130 g/mol. The molecule has 0 fully saturated rings. The van der Waals surface area contributed by atoms with Gasteiger partial charge in [0, 0.05) is 12.4 Å². The van der Waals surface area contributed by atoms with Gasteiger partial charge in [-0.3, -0.25) is 4.98 Å². The lowest BCUT2D eigenvalue weighted by atomic mass is 10.2. The minimum Gasteiger partial charge on any atom is -0.264 e. The predicted molar refractivity (Wildman–Crippen MR) is 41.7 cm³/mol. The number of hydrogen-bond donors (Lipinski definition) is 0. The average Bonchev–Trinajstić information content (AvgIpc) is 2.04. The summed E-state index contributed by atoms with van der Waals surface area (Å²) in [6, 6.07) is 7.96. The predicted octanol–water partition coefficient (Wildman–Crippen LogP) is 2.23. The summed E-state index contributed by atoms with van der Waals surface area (Å²) >= 11 is 0. The molecule has 0 bridgehead atoms. The summed E-state index contributed by atoms with van der Waals surface area (Å²) < 4.78 is 7.36. The van der Waals surface area contributed by atoms with Crippen LogP contribution in [0.3, 0.4) is 0 Å². The largest absolute Gasteiger partial charge is 0.264 e. The van der Waals surface area contributed by atoms with E-state index in [1.54, 1.807) is 18.5 Å². The molecule has 1 nitrogen and oxygen atoms in total. The van der Waals surface area contributed by atoms with Crippen LogP contribution >= 0.6 is 0 Å². The van der Waals surface area contributed by atoms with E-state index in [4.69, 9.17) is 1.37 Å². The molecule has 0 spiro atoms. The topological polar surface area (TPSA) is 12.9 Å². The van der Waals surface area contributed by atoms with Crippen LogP contribution in [-0.2, 0) is 0 Å². The first-order valence-electron chi connectivity index (χ1n) is 3.67. The van der Waals surface area contributed by atoms with Gasteiger partial charge in [0.2, 0.25) is 0 Å². The number of nitrogens with zero attached hydrogens (tertiary/aromatic N) is 1. The van der Waals surface area contributed by atoms with E-state index in [1.165, 1.54) is 0 Å². The van der Waals surface area contributed by atoms with Gasteiger partial charge in [0.15, 0.2) is 0 Å².